The zero-order chi connectivity index (χ0) is 17.1. The quantitative estimate of drug-likeness (QED) is 0.930. The molecule has 1 aromatic heterocycles. The molecule has 6 heteroatoms. The summed E-state index contributed by atoms with van der Waals surface area (Å²) in [6, 6.07) is 11.9. The molecule has 2 aromatic rings. The molecule has 6 nitrogen and oxygen atoms in total. The van der Waals surface area contributed by atoms with Crippen molar-refractivity contribution in [2.24, 2.45) is 5.92 Å². The standard InChI is InChI=1S/C18H19NO5/c1-12-14(18(21)22)8-5-11-19(12)17(20)15-9-10-16(24-15)23-13-6-3-2-4-7-13/h2-4,6-7,9-10,12,14H,5,8,11H2,1H3,(H,21,22)/t12-,14-/m1/s1. The second-order valence-corrected chi connectivity index (χ2v) is 5.86. The van der Waals surface area contributed by atoms with E-state index in [2.05, 4.69) is 0 Å². The molecule has 24 heavy (non-hydrogen) atoms. The van der Waals surface area contributed by atoms with Crippen LogP contribution in [0.5, 0.6) is 11.7 Å². The first-order valence-electron chi connectivity index (χ1n) is 7.93. The Balaban J connectivity index is 1.72. The maximum atomic E-state index is 12.6. The molecule has 1 aliphatic rings. The summed E-state index contributed by atoms with van der Waals surface area (Å²) < 4.78 is 11.0. The predicted octanol–water partition coefficient (Wildman–Crippen LogP) is 3.40. The monoisotopic (exact) mass is 329 g/mol. The number of ether oxygens (including phenoxy) is 1. The molecule has 0 aliphatic carbocycles. The van der Waals surface area contributed by atoms with Crippen LogP contribution in [-0.2, 0) is 4.79 Å². The van der Waals surface area contributed by atoms with Gasteiger partial charge in [-0.25, -0.2) is 0 Å². The van der Waals surface area contributed by atoms with Crippen molar-refractivity contribution in [1.82, 2.24) is 4.90 Å². The lowest BCUT2D eigenvalue weighted by Crippen LogP contribution is -2.49. The number of likely N-dealkylation sites (tertiary alicyclic amines) is 1. The summed E-state index contributed by atoms with van der Waals surface area (Å²) in [5.41, 5.74) is 0. The van der Waals surface area contributed by atoms with Crippen LogP contribution in [0.2, 0.25) is 0 Å². The van der Waals surface area contributed by atoms with Crippen molar-refractivity contribution in [3.8, 4) is 11.7 Å². The summed E-state index contributed by atoms with van der Waals surface area (Å²) in [5, 5.41) is 9.27. The van der Waals surface area contributed by atoms with Gasteiger partial charge in [0.05, 0.1) is 5.92 Å². The van der Waals surface area contributed by atoms with Gasteiger partial charge in [-0.15, -0.1) is 0 Å². The highest BCUT2D eigenvalue weighted by Crippen LogP contribution is 2.28. The van der Waals surface area contributed by atoms with E-state index in [0.29, 0.717) is 25.1 Å². The maximum Gasteiger partial charge on any atom is 0.308 e. The molecule has 1 N–H and O–H groups in total. The van der Waals surface area contributed by atoms with Crippen LogP contribution in [0.25, 0.3) is 0 Å². The predicted molar refractivity (Wildman–Crippen MR) is 86.1 cm³/mol. The first-order valence-corrected chi connectivity index (χ1v) is 7.93. The minimum atomic E-state index is -0.868. The van der Waals surface area contributed by atoms with E-state index in [9.17, 15) is 14.7 Å². The number of aliphatic carboxylic acids is 1. The summed E-state index contributed by atoms with van der Waals surface area (Å²) in [6.07, 6.45) is 1.25. The van der Waals surface area contributed by atoms with Gasteiger partial charge in [-0.05, 0) is 38.0 Å². The Morgan fingerprint density at radius 2 is 1.96 bits per heavy atom. The Bertz CT molecular complexity index is 724. The first-order chi connectivity index (χ1) is 11.6. The Morgan fingerprint density at radius 3 is 2.67 bits per heavy atom. The second kappa shape index (κ2) is 6.78. The molecular weight excluding hydrogens is 310 g/mol. The molecule has 1 fully saturated rings. The van der Waals surface area contributed by atoms with Crippen LogP contribution in [0.4, 0.5) is 0 Å². The van der Waals surface area contributed by atoms with Gasteiger partial charge in [0.25, 0.3) is 11.9 Å². The first kappa shape index (κ1) is 16.1. The number of carboxylic acids is 1. The number of nitrogens with zero attached hydrogens (tertiary/aromatic N) is 1. The molecule has 0 bridgehead atoms. The van der Waals surface area contributed by atoms with Gasteiger partial charge >= 0.3 is 5.97 Å². The average molecular weight is 329 g/mol. The average Bonchev–Trinajstić information content (AvgIpc) is 3.03. The fraction of sp³-hybridized carbons (Fsp3) is 0.333. The number of hydrogen-bond donors (Lipinski definition) is 1. The van der Waals surface area contributed by atoms with E-state index < -0.39 is 11.9 Å². The normalized spacial score (nSPS) is 20.6. The van der Waals surface area contributed by atoms with Crippen molar-refractivity contribution >= 4 is 11.9 Å². The highest BCUT2D eigenvalue weighted by atomic mass is 16.6. The Hall–Kier alpha value is -2.76. The van der Waals surface area contributed by atoms with E-state index in [1.54, 1.807) is 36.1 Å². The molecule has 0 saturated carbocycles. The number of piperidine rings is 1. The minimum absolute atomic E-state index is 0.152. The Kier molecular flexibility index (Phi) is 4.55. The van der Waals surface area contributed by atoms with Gasteiger partial charge in [0.1, 0.15) is 5.75 Å². The largest absolute Gasteiger partial charge is 0.481 e. The highest BCUT2D eigenvalue weighted by molar-refractivity contribution is 5.92. The summed E-state index contributed by atoms with van der Waals surface area (Å²) in [4.78, 5) is 25.5. The summed E-state index contributed by atoms with van der Waals surface area (Å²) in [5.74, 6) is -0.729. The van der Waals surface area contributed by atoms with Crippen molar-refractivity contribution in [2.45, 2.75) is 25.8 Å². The zero-order valence-electron chi connectivity index (χ0n) is 13.3. The fourth-order valence-electron chi connectivity index (χ4n) is 3.00. The smallest absolute Gasteiger partial charge is 0.308 e. The molecule has 2 heterocycles. The van der Waals surface area contributed by atoms with Crippen LogP contribution in [0, 0.1) is 5.92 Å². The number of amides is 1. The number of hydrogen-bond acceptors (Lipinski definition) is 4. The van der Waals surface area contributed by atoms with Crippen LogP contribution in [-0.4, -0.2) is 34.5 Å². The van der Waals surface area contributed by atoms with Crippen molar-refractivity contribution < 1.29 is 23.8 Å². The highest BCUT2D eigenvalue weighted by Gasteiger charge is 2.36. The third-order valence-corrected chi connectivity index (χ3v) is 4.32. The molecule has 3 rings (SSSR count). The van der Waals surface area contributed by atoms with Gasteiger partial charge in [0.2, 0.25) is 0 Å². The molecule has 1 saturated heterocycles. The number of para-hydroxylation sites is 1. The molecule has 2 atom stereocenters. The molecule has 0 spiro atoms. The van der Waals surface area contributed by atoms with Crippen molar-refractivity contribution in [3.05, 3.63) is 48.2 Å². The summed E-state index contributed by atoms with van der Waals surface area (Å²) >= 11 is 0. The second-order valence-electron chi connectivity index (χ2n) is 5.86. The zero-order valence-corrected chi connectivity index (χ0v) is 13.3. The lowest BCUT2D eigenvalue weighted by atomic mass is 9.90. The van der Waals surface area contributed by atoms with Crippen LogP contribution in [0.1, 0.15) is 30.3 Å². The maximum absolute atomic E-state index is 12.6. The van der Waals surface area contributed by atoms with Gasteiger partial charge < -0.3 is 19.2 Å². The van der Waals surface area contributed by atoms with Crippen LogP contribution < -0.4 is 4.74 Å². The van der Waals surface area contributed by atoms with Gasteiger partial charge in [-0.3, -0.25) is 9.59 Å². The summed E-state index contributed by atoms with van der Waals surface area (Å²) in [6.45, 7) is 2.29. The molecule has 0 radical (unpaired) electrons. The molecule has 1 amide bonds. The number of benzene rings is 1. The topological polar surface area (TPSA) is 80.0 Å². The van der Waals surface area contributed by atoms with Crippen molar-refractivity contribution in [3.63, 3.8) is 0 Å². The third-order valence-electron chi connectivity index (χ3n) is 4.32. The van der Waals surface area contributed by atoms with Gasteiger partial charge in [0, 0.05) is 18.7 Å². The molecule has 126 valence electrons. The lowest BCUT2D eigenvalue weighted by molar-refractivity contribution is -0.145. The van der Waals surface area contributed by atoms with E-state index in [1.165, 1.54) is 0 Å². The van der Waals surface area contributed by atoms with Crippen LogP contribution in [0.3, 0.4) is 0 Å². The van der Waals surface area contributed by atoms with Crippen molar-refractivity contribution in [1.29, 1.82) is 0 Å². The Labute approximate surface area is 139 Å². The lowest BCUT2D eigenvalue weighted by Gasteiger charge is -2.36. The van der Waals surface area contributed by atoms with Gasteiger partial charge in [0.15, 0.2) is 5.76 Å². The SMILES string of the molecule is C[C@@H]1[C@H](C(=O)O)CCCN1C(=O)c1ccc(Oc2ccccc2)o1. The minimum Gasteiger partial charge on any atom is -0.481 e. The van der Waals surface area contributed by atoms with Gasteiger partial charge in [-0.2, -0.15) is 0 Å². The van der Waals surface area contributed by atoms with Crippen LogP contribution >= 0.6 is 0 Å². The number of rotatable bonds is 4. The summed E-state index contributed by atoms with van der Waals surface area (Å²) in [7, 11) is 0. The molecular formula is C18H19NO5. The van der Waals surface area contributed by atoms with Gasteiger partial charge in [-0.1, -0.05) is 18.2 Å². The number of carbonyl (C=O) groups is 2. The van der Waals surface area contributed by atoms with E-state index in [4.69, 9.17) is 9.15 Å². The molecule has 1 aliphatic heterocycles. The van der Waals surface area contributed by atoms with E-state index in [0.717, 1.165) is 0 Å². The third kappa shape index (κ3) is 3.27. The van der Waals surface area contributed by atoms with E-state index in [-0.39, 0.29) is 23.7 Å². The molecule has 1 aromatic carbocycles. The van der Waals surface area contributed by atoms with E-state index in [1.807, 2.05) is 18.2 Å². The van der Waals surface area contributed by atoms with Crippen molar-refractivity contribution in [2.75, 3.05) is 6.54 Å². The fourth-order valence-corrected chi connectivity index (χ4v) is 3.00. The molecule has 0 unspecified atom stereocenters. The number of furan rings is 1. The van der Waals surface area contributed by atoms with E-state index >= 15 is 0 Å². The van der Waals surface area contributed by atoms with Crippen LogP contribution in [0.15, 0.2) is 46.9 Å². The Morgan fingerprint density at radius 1 is 1.21 bits per heavy atom. The number of carbonyl (C=O) groups excluding carboxylic acids is 1. The number of carboxylic acid groups (broad SMARTS) is 1.